The van der Waals surface area contributed by atoms with Crippen molar-refractivity contribution in [2.24, 2.45) is 0 Å². The number of pyridine rings is 2. The van der Waals surface area contributed by atoms with E-state index in [0.29, 0.717) is 29.2 Å². The molecule has 0 saturated carbocycles. The van der Waals surface area contributed by atoms with Gasteiger partial charge in [-0.3, -0.25) is 14.8 Å². The van der Waals surface area contributed by atoms with Crippen LogP contribution >= 0.6 is 0 Å². The van der Waals surface area contributed by atoms with Crippen molar-refractivity contribution in [1.29, 1.82) is 5.26 Å². The van der Waals surface area contributed by atoms with Gasteiger partial charge in [-0.2, -0.15) is 5.26 Å². The first-order valence-electron chi connectivity index (χ1n) is 15.1. The number of anilines is 2. The molecule has 40 heavy (non-hydrogen) atoms. The van der Waals surface area contributed by atoms with Crippen molar-refractivity contribution in [3.8, 4) is 6.07 Å². The predicted molar refractivity (Wildman–Crippen MR) is 157 cm³/mol. The van der Waals surface area contributed by atoms with Gasteiger partial charge in [0.2, 0.25) is 0 Å². The zero-order chi connectivity index (χ0) is 28.1. The summed E-state index contributed by atoms with van der Waals surface area (Å²) in [5, 5.41) is 14.2. The number of hydrogen-bond donors (Lipinski definition) is 1. The first kappa shape index (κ1) is 24.5. The lowest BCUT2D eigenvalue weighted by atomic mass is 10.0. The van der Waals surface area contributed by atoms with Crippen LogP contribution in [0.3, 0.4) is 0 Å². The Bertz CT molecular complexity index is 1480. The molecule has 4 aliphatic rings. The highest BCUT2D eigenvalue weighted by molar-refractivity contribution is 5.95. The van der Waals surface area contributed by atoms with Crippen molar-refractivity contribution in [2.45, 2.75) is 44.6 Å². The number of nitrogens with zero attached hydrogens (tertiary/aromatic N) is 7. The van der Waals surface area contributed by atoms with Gasteiger partial charge in [-0.1, -0.05) is 6.07 Å². The van der Waals surface area contributed by atoms with Gasteiger partial charge in [-0.25, -0.2) is 4.98 Å². The minimum atomic E-state index is 0.189. The van der Waals surface area contributed by atoms with E-state index in [1.54, 1.807) is 6.07 Å². The molecule has 4 atom stereocenters. The first-order valence-corrected chi connectivity index (χ1v) is 14.6. The molecule has 0 unspecified atom stereocenters. The minimum Gasteiger partial charge on any atom is -0.373 e. The summed E-state index contributed by atoms with van der Waals surface area (Å²) in [4.78, 5) is 19.5. The number of nitrogens with one attached hydrogen (secondary N) is 1. The van der Waals surface area contributed by atoms with E-state index in [0.717, 1.165) is 88.1 Å². The molecule has 208 valence electrons. The van der Waals surface area contributed by atoms with Crippen LogP contribution in [0.1, 0.15) is 25.1 Å². The second-order valence-electron chi connectivity index (χ2n) is 11.8. The number of fused-ring (bicyclic) bond motifs is 3. The molecule has 1 N–H and O–H groups in total. The van der Waals surface area contributed by atoms with E-state index >= 15 is 0 Å². The molecule has 9 heteroatoms. The molecule has 2 aromatic heterocycles. The zero-order valence-electron chi connectivity index (χ0n) is 24.4. The molecular formula is C31H38N8O. The number of hydrogen-bond acceptors (Lipinski definition) is 9. The summed E-state index contributed by atoms with van der Waals surface area (Å²) in [6, 6.07) is 15.5. The number of aryl methyl sites for hydroxylation is 1. The molecule has 0 spiro atoms. The number of piperazine rings is 2. The standard InChI is InChI=1S/C31H38N8O/c1-21-15-37(28-7-5-23(14-32)31-26(28)4-3-9-34-31)18-25-17-36(11-12-39(21)25)16-24-6-8-30(35-22(24)2)38-19-27-29(20-38)40-13-10-33-27/h3-9,21,25,27,29,33H,10-13,15-20H2,1-2H3/t21-,25+,27-,29-/m1/s1/i9D. The van der Waals surface area contributed by atoms with Crippen molar-refractivity contribution in [3.63, 3.8) is 0 Å². The molecule has 4 saturated heterocycles. The predicted octanol–water partition coefficient (Wildman–Crippen LogP) is 2.38. The number of nitriles is 1. The van der Waals surface area contributed by atoms with Crippen LogP contribution in [0.2, 0.25) is 0 Å². The molecule has 4 aliphatic heterocycles. The van der Waals surface area contributed by atoms with Crippen LogP contribution in [-0.2, 0) is 11.3 Å². The van der Waals surface area contributed by atoms with Gasteiger partial charge in [0.1, 0.15) is 11.9 Å². The third-order valence-corrected chi connectivity index (χ3v) is 9.26. The maximum Gasteiger partial charge on any atom is 0.128 e. The van der Waals surface area contributed by atoms with E-state index in [1.807, 2.05) is 12.1 Å². The molecule has 1 aromatic carbocycles. The average molecular weight is 540 g/mol. The van der Waals surface area contributed by atoms with Gasteiger partial charge in [0.25, 0.3) is 0 Å². The minimum absolute atomic E-state index is 0.189. The third-order valence-electron chi connectivity index (χ3n) is 9.26. The third kappa shape index (κ3) is 4.69. The summed E-state index contributed by atoms with van der Waals surface area (Å²) < 4.78 is 13.9. The lowest BCUT2D eigenvalue weighted by Gasteiger charge is -2.51. The van der Waals surface area contributed by atoms with Crippen molar-refractivity contribution in [3.05, 3.63) is 59.4 Å². The van der Waals surface area contributed by atoms with Crippen LogP contribution in [0.15, 0.2) is 42.6 Å². The summed E-state index contributed by atoms with van der Waals surface area (Å²) in [5.41, 5.74) is 4.66. The molecule has 4 fully saturated rings. The molecule has 7 rings (SSSR count). The van der Waals surface area contributed by atoms with Gasteiger partial charge in [-0.15, -0.1) is 0 Å². The highest BCUT2D eigenvalue weighted by Gasteiger charge is 2.38. The smallest absolute Gasteiger partial charge is 0.128 e. The zero-order valence-corrected chi connectivity index (χ0v) is 23.4. The second-order valence-corrected chi connectivity index (χ2v) is 11.8. The largest absolute Gasteiger partial charge is 0.373 e. The monoisotopic (exact) mass is 539 g/mol. The maximum atomic E-state index is 9.62. The Morgan fingerprint density at radius 1 is 1.10 bits per heavy atom. The Labute approximate surface area is 237 Å². The molecule has 0 radical (unpaired) electrons. The number of morpholine rings is 1. The average Bonchev–Trinajstić information content (AvgIpc) is 3.42. The summed E-state index contributed by atoms with van der Waals surface area (Å²) in [6.45, 7) is 13.9. The van der Waals surface area contributed by atoms with E-state index in [9.17, 15) is 5.26 Å². The Balaban J connectivity index is 1.05. The molecule has 9 nitrogen and oxygen atoms in total. The summed E-state index contributed by atoms with van der Waals surface area (Å²) >= 11 is 0. The number of ether oxygens (including phenoxy) is 1. The Morgan fingerprint density at radius 3 is 2.88 bits per heavy atom. The number of benzene rings is 1. The number of rotatable bonds is 4. The lowest BCUT2D eigenvalue weighted by Crippen LogP contribution is -2.65. The normalized spacial score (nSPS) is 27.8. The van der Waals surface area contributed by atoms with Crippen LogP contribution in [0, 0.1) is 18.3 Å². The van der Waals surface area contributed by atoms with Crippen molar-refractivity contribution in [1.82, 2.24) is 25.1 Å². The number of aromatic nitrogens is 2. The molecule has 3 aromatic rings. The van der Waals surface area contributed by atoms with Crippen LogP contribution in [0.4, 0.5) is 11.5 Å². The fraction of sp³-hybridized carbons (Fsp3) is 0.516. The van der Waals surface area contributed by atoms with E-state index in [1.165, 1.54) is 5.56 Å². The SMILES string of the molecule is [2H]c1ccc2c(N3C[C@@H]4CN(Cc5ccc(N6C[C@H]7NCCO[C@@H]7C6)nc5C)CCN4[C@H](C)C3)ccc(C#N)c2n1. The Kier molecular flexibility index (Phi) is 6.49. The molecular weight excluding hydrogens is 500 g/mol. The topological polar surface area (TPSA) is 83.8 Å². The first-order chi connectivity index (χ1) is 20.0. The maximum absolute atomic E-state index is 9.62. The van der Waals surface area contributed by atoms with Gasteiger partial charge in [0.05, 0.1) is 31.2 Å². The second kappa shape index (κ2) is 10.6. The highest BCUT2D eigenvalue weighted by atomic mass is 16.5. The van der Waals surface area contributed by atoms with Gasteiger partial charge < -0.3 is 19.9 Å². The van der Waals surface area contributed by atoms with E-state index in [4.69, 9.17) is 11.1 Å². The van der Waals surface area contributed by atoms with E-state index < -0.39 is 0 Å². The van der Waals surface area contributed by atoms with E-state index in [2.05, 4.69) is 68.0 Å². The van der Waals surface area contributed by atoms with Gasteiger partial charge in [0.15, 0.2) is 0 Å². The van der Waals surface area contributed by atoms with Crippen molar-refractivity contribution in [2.75, 3.05) is 68.8 Å². The fourth-order valence-corrected chi connectivity index (χ4v) is 7.18. The Morgan fingerprint density at radius 2 is 2.02 bits per heavy atom. The summed E-state index contributed by atoms with van der Waals surface area (Å²) in [7, 11) is 0. The molecule has 0 aliphatic carbocycles. The summed E-state index contributed by atoms with van der Waals surface area (Å²) in [5.74, 6) is 1.05. The van der Waals surface area contributed by atoms with E-state index in [-0.39, 0.29) is 12.3 Å². The highest BCUT2D eigenvalue weighted by Crippen LogP contribution is 2.32. The van der Waals surface area contributed by atoms with Crippen LogP contribution in [-0.4, -0.2) is 103 Å². The Hall–Kier alpha value is -3.29. The fourth-order valence-electron chi connectivity index (χ4n) is 7.18. The van der Waals surface area contributed by atoms with Crippen molar-refractivity contribution >= 4 is 22.4 Å². The van der Waals surface area contributed by atoms with Crippen LogP contribution in [0.25, 0.3) is 10.9 Å². The van der Waals surface area contributed by atoms with Crippen LogP contribution < -0.4 is 15.1 Å². The molecule has 6 heterocycles. The van der Waals surface area contributed by atoms with Gasteiger partial charge in [0, 0.05) is 93.9 Å². The van der Waals surface area contributed by atoms with Gasteiger partial charge >= 0.3 is 0 Å². The molecule has 0 amide bonds. The van der Waals surface area contributed by atoms with Gasteiger partial charge in [-0.05, 0) is 49.7 Å². The lowest BCUT2D eigenvalue weighted by molar-refractivity contribution is 0.0212. The summed E-state index contributed by atoms with van der Waals surface area (Å²) in [6.07, 6.45) is 0.447. The quantitative estimate of drug-likeness (QED) is 0.537. The van der Waals surface area contributed by atoms with Crippen molar-refractivity contribution < 1.29 is 6.11 Å². The van der Waals surface area contributed by atoms with Crippen LogP contribution in [0.5, 0.6) is 0 Å². The molecule has 0 bridgehead atoms.